The number of carboxylic acid groups (broad SMARTS) is 2. The number of rotatable bonds is 6. The molecule has 0 fully saturated rings. The molecule has 0 spiro atoms. The third kappa shape index (κ3) is 19.6. The summed E-state index contributed by atoms with van der Waals surface area (Å²) in [4.78, 5) is 29.9. The van der Waals surface area contributed by atoms with Crippen molar-refractivity contribution in [3.05, 3.63) is 36.0 Å². The lowest BCUT2D eigenvalue weighted by atomic mass is 10.1. The molecule has 0 heterocycles. The highest BCUT2D eigenvalue weighted by Gasteiger charge is 2.03. The zero-order chi connectivity index (χ0) is 19.0. The molecule has 0 amide bonds. The summed E-state index contributed by atoms with van der Waals surface area (Å²) in [6, 6.07) is 0. The molecule has 0 aromatic carbocycles. The first-order chi connectivity index (χ1) is 10.5. The number of unbranched alkanes of at least 4 members (excludes halogenated alkanes) is 1. The molecular formula is C17H28O6. The summed E-state index contributed by atoms with van der Waals surface area (Å²) in [5.74, 6) is -2.12. The average molecular weight is 328 g/mol. The van der Waals surface area contributed by atoms with E-state index in [1.54, 1.807) is 13.8 Å². The molecule has 2 N–H and O–H groups in total. The van der Waals surface area contributed by atoms with E-state index in [4.69, 9.17) is 10.2 Å². The summed E-state index contributed by atoms with van der Waals surface area (Å²) in [7, 11) is 1.33. The van der Waals surface area contributed by atoms with Gasteiger partial charge in [-0.2, -0.15) is 0 Å². The minimum absolute atomic E-state index is 0.347. The van der Waals surface area contributed by atoms with Gasteiger partial charge in [-0.15, -0.1) is 0 Å². The lowest BCUT2D eigenvalue weighted by molar-refractivity contribution is -0.136. The van der Waals surface area contributed by atoms with Crippen LogP contribution in [0.3, 0.4) is 0 Å². The van der Waals surface area contributed by atoms with E-state index in [1.807, 2.05) is 6.92 Å². The van der Waals surface area contributed by atoms with Crippen molar-refractivity contribution in [2.24, 2.45) is 0 Å². The number of carboxylic acids is 2. The first-order valence-corrected chi connectivity index (χ1v) is 7.03. The minimum Gasteiger partial charge on any atom is -0.478 e. The second-order valence-electron chi connectivity index (χ2n) is 4.63. The summed E-state index contributed by atoms with van der Waals surface area (Å²) >= 11 is 0. The maximum atomic E-state index is 10.4. The Bertz CT molecular complexity index is 446. The van der Waals surface area contributed by atoms with Gasteiger partial charge in [-0.1, -0.05) is 32.1 Å². The van der Waals surface area contributed by atoms with Crippen molar-refractivity contribution < 1.29 is 29.3 Å². The van der Waals surface area contributed by atoms with Crippen LogP contribution in [0.2, 0.25) is 0 Å². The first kappa shape index (κ1) is 25.6. The van der Waals surface area contributed by atoms with Gasteiger partial charge in [-0.3, -0.25) is 0 Å². The quantitative estimate of drug-likeness (QED) is 0.571. The third-order valence-electron chi connectivity index (χ3n) is 2.57. The molecule has 6 nitrogen and oxygen atoms in total. The van der Waals surface area contributed by atoms with Crippen LogP contribution in [0.4, 0.5) is 0 Å². The molecule has 0 rings (SSSR count). The Morgan fingerprint density at radius 1 is 1.13 bits per heavy atom. The van der Waals surface area contributed by atoms with Crippen LogP contribution in [-0.2, 0) is 19.1 Å². The van der Waals surface area contributed by atoms with Crippen LogP contribution in [0.1, 0.15) is 47.0 Å². The van der Waals surface area contributed by atoms with E-state index in [9.17, 15) is 14.4 Å². The second-order valence-corrected chi connectivity index (χ2v) is 4.63. The number of esters is 1. The molecule has 0 radical (unpaired) electrons. The lowest BCUT2D eigenvalue weighted by Crippen LogP contribution is -1.99. The third-order valence-corrected chi connectivity index (χ3v) is 2.57. The van der Waals surface area contributed by atoms with Crippen molar-refractivity contribution in [2.45, 2.75) is 47.0 Å². The molecule has 132 valence electrons. The van der Waals surface area contributed by atoms with Crippen LogP contribution in [0.15, 0.2) is 36.0 Å². The van der Waals surface area contributed by atoms with E-state index in [0.717, 1.165) is 30.9 Å². The summed E-state index contributed by atoms with van der Waals surface area (Å²) in [6.45, 7) is 13.6. The largest absolute Gasteiger partial charge is 0.478 e. The molecule has 0 saturated heterocycles. The van der Waals surface area contributed by atoms with Gasteiger partial charge in [0, 0.05) is 17.2 Å². The van der Waals surface area contributed by atoms with Crippen molar-refractivity contribution in [1.82, 2.24) is 0 Å². The lowest BCUT2D eigenvalue weighted by Gasteiger charge is -2.01. The average Bonchev–Trinajstić information content (AvgIpc) is 2.51. The smallest absolute Gasteiger partial charge is 0.332 e. The zero-order valence-corrected chi connectivity index (χ0v) is 14.6. The van der Waals surface area contributed by atoms with Crippen molar-refractivity contribution in [3.8, 4) is 0 Å². The van der Waals surface area contributed by atoms with Gasteiger partial charge < -0.3 is 14.9 Å². The van der Waals surface area contributed by atoms with Gasteiger partial charge in [0.05, 0.1) is 7.11 Å². The molecule has 0 aliphatic rings. The van der Waals surface area contributed by atoms with Crippen LogP contribution >= 0.6 is 0 Å². The summed E-state index contributed by atoms with van der Waals surface area (Å²) < 4.78 is 4.27. The Labute approximate surface area is 138 Å². The molecule has 0 atom stereocenters. The molecule has 0 unspecified atom stereocenters. The molecule has 0 saturated carbocycles. The van der Waals surface area contributed by atoms with Gasteiger partial charge in [0.15, 0.2) is 0 Å². The number of aliphatic carboxylic acids is 2. The number of allylic oxidation sites excluding steroid dienone is 1. The van der Waals surface area contributed by atoms with E-state index < -0.39 is 11.9 Å². The van der Waals surface area contributed by atoms with Gasteiger partial charge in [-0.05, 0) is 33.6 Å². The van der Waals surface area contributed by atoms with Gasteiger partial charge in [0.2, 0.25) is 0 Å². The number of ether oxygens (including phenoxy) is 1. The SMILES string of the molecule is C=C(C)C(=O)OC.C=CC(=O)O.CCCCC(C)=C(C)C(=O)O. The number of carbonyl (C=O) groups is 3. The monoisotopic (exact) mass is 328 g/mol. The predicted octanol–water partition coefficient (Wildman–Crippen LogP) is 3.59. The van der Waals surface area contributed by atoms with Crippen molar-refractivity contribution in [3.63, 3.8) is 0 Å². The summed E-state index contributed by atoms with van der Waals surface area (Å²) in [6.07, 6.45) is 3.94. The number of carbonyl (C=O) groups excluding carboxylic acids is 1. The normalized spacial score (nSPS) is 9.78. The van der Waals surface area contributed by atoms with Crippen molar-refractivity contribution in [2.75, 3.05) is 7.11 Å². The molecule has 6 heteroatoms. The van der Waals surface area contributed by atoms with E-state index in [1.165, 1.54) is 7.11 Å². The molecule has 23 heavy (non-hydrogen) atoms. The first-order valence-electron chi connectivity index (χ1n) is 7.03. The second kappa shape index (κ2) is 16.0. The highest BCUT2D eigenvalue weighted by Crippen LogP contribution is 2.11. The predicted molar refractivity (Wildman–Crippen MR) is 90.2 cm³/mol. The Morgan fingerprint density at radius 3 is 1.74 bits per heavy atom. The van der Waals surface area contributed by atoms with Gasteiger partial charge >= 0.3 is 17.9 Å². The fourth-order valence-corrected chi connectivity index (χ4v) is 0.986. The van der Waals surface area contributed by atoms with E-state index in [2.05, 4.69) is 24.8 Å². The van der Waals surface area contributed by atoms with Gasteiger partial charge in [0.1, 0.15) is 0 Å². The van der Waals surface area contributed by atoms with Crippen molar-refractivity contribution >= 4 is 17.9 Å². The van der Waals surface area contributed by atoms with E-state index in [-0.39, 0.29) is 5.97 Å². The maximum Gasteiger partial charge on any atom is 0.332 e. The van der Waals surface area contributed by atoms with Gasteiger partial charge in [-0.25, -0.2) is 14.4 Å². The summed E-state index contributed by atoms with van der Waals surface area (Å²) in [5.41, 5.74) is 1.93. The van der Waals surface area contributed by atoms with Crippen molar-refractivity contribution in [1.29, 1.82) is 0 Å². The Balaban J connectivity index is -0.000000286. The van der Waals surface area contributed by atoms with Crippen LogP contribution in [0, 0.1) is 0 Å². The number of hydrogen-bond acceptors (Lipinski definition) is 4. The Kier molecular flexibility index (Phi) is 17.8. The topological polar surface area (TPSA) is 101 Å². The van der Waals surface area contributed by atoms with Crippen LogP contribution in [-0.4, -0.2) is 35.2 Å². The highest BCUT2D eigenvalue weighted by molar-refractivity contribution is 5.87. The van der Waals surface area contributed by atoms with E-state index >= 15 is 0 Å². The zero-order valence-electron chi connectivity index (χ0n) is 14.6. The summed E-state index contributed by atoms with van der Waals surface area (Å²) in [5, 5.41) is 16.2. The van der Waals surface area contributed by atoms with Crippen LogP contribution in [0.25, 0.3) is 0 Å². The fourth-order valence-electron chi connectivity index (χ4n) is 0.986. The Morgan fingerprint density at radius 2 is 1.57 bits per heavy atom. The molecule has 0 aromatic rings. The number of hydrogen-bond donors (Lipinski definition) is 2. The minimum atomic E-state index is -0.981. The number of methoxy groups -OCH3 is 1. The molecule has 0 aliphatic carbocycles. The van der Waals surface area contributed by atoms with E-state index in [0.29, 0.717) is 11.1 Å². The molecule has 0 bridgehead atoms. The molecule has 0 aliphatic heterocycles. The standard InChI is InChI=1S/C9H16O2.C5H8O2.C3H4O2/c1-4-5-6-7(2)8(3)9(10)11;1-4(2)5(6)7-3;1-2-3(4)5/h4-6H2,1-3H3,(H,10,11);1H2,2-3H3;2H,1H2,(H,4,5). The molecular weight excluding hydrogens is 300 g/mol. The van der Waals surface area contributed by atoms with Crippen LogP contribution in [0.5, 0.6) is 0 Å². The highest BCUT2D eigenvalue weighted by atomic mass is 16.5. The van der Waals surface area contributed by atoms with Crippen LogP contribution < -0.4 is 0 Å². The van der Waals surface area contributed by atoms with Gasteiger partial charge in [0.25, 0.3) is 0 Å². The Hall–Kier alpha value is -2.37. The maximum absolute atomic E-state index is 10.4. The fraction of sp³-hybridized carbons (Fsp3) is 0.471. The molecule has 0 aromatic heterocycles.